The Morgan fingerprint density at radius 3 is 2.44 bits per heavy atom. The van der Waals surface area contributed by atoms with Gasteiger partial charge in [0.2, 0.25) is 0 Å². The predicted octanol–water partition coefficient (Wildman–Crippen LogP) is 3.32. The fraction of sp³-hybridized carbons (Fsp3) is 0.600. The molecule has 1 aliphatic carbocycles. The minimum absolute atomic E-state index is 0.456. The van der Waals surface area contributed by atoms with Crippen molar-refractivity contribution in [3.63, 3.8) is 0 Å². The van der Waals surface area contributed by atoms with Crippen molar-refractivity contribution in [3.05, 3.63) is 29.8 Å². The Kier molecular flexibility index (Phi) is 5.24. The number of hydrogen-bond acceptors (Lipinski definition) is 2. The second kappa shape index (κ2) is 6.93. The number of hydrogen-bond donors (Lipinski definition) is 0. The van der Waals surface area contributed by atoms with Gasteiger partial charge in [-0.1, -0.05) is 31.4 Å². The van der Waals surface area contributed by atoms with E-state index in [1.165, 1.54) is 24.8 Å². The van der Waals surface area contributed by atoms with E-state index in [0.717, 1.165) is 30.8 Å². The highest BCUT2D eigenvalue weighted by Crippen LogP contribution is 2.22. The average Bonchev–Trinajstić information content (AvgIpc) is 2.46. The summed E-state index contributed by atoms with van der Waals surface area (Å²) in [6.07, 6.45) is 7.08. The monoisotopic (exact) mass is 266 g/mol. The zero-order chi connectivity index (χ0) is 12.8. The quantitative estimate of drug-likeness (QED) is 0.817. The van der Waals surface area contributed by atoms with Gasteiger partial charge in [-0.25, -0.2) is 0 Å². The van der Waals surface area contributed by atoms with Gasteiger partial charge in [-0.15, -0.1) is 0 Å². The average molecular weight is 266 g/mol. The van der Waals surface area contributed by atoms with Gasteiger partial charge in [0.15, 0.2) is 0 Å². The van der Waals surface area contributed by atoms with E-state index < -0.39 is 10.8 Å². The first-order valence-electron chi connectivity index (χ1n) is 6.79. The van der Waals surface area contributed by atoms with Crippen LogP contribution < -0.4 is 4.74 Å². The van der Waals surface area contributed by atoms with Crippen LogP contribution in [0.25, 0.3) is 0 Å². The largest absolute Gasteiger partial charge is 0.497 e. The van der Waals surface area contributed by atoms with Gasteiger partial charge in [0, 0.05) is 21.8 Å². The lowest BCUT2D eigenvalue weighted by molar-refractivity contribution is 0.414. The molecule has 2 rings (SSSR count). The van der Waals surface area contributed by atoms with Crippen LogP contribution in [0.1, 0.15) is 37.7 Å². The van der Waals surface area contributed by atoms with E-state index in [9.17, 15) is 4.21 Å². The topological polar surface area (TPSA) is 26.3 Å². The number of aryl methyl sites for hydroxylation is 1. The van der Waals surface area contributed by atoms with Crippen LogP contribution in [-0.4, -0.2) is 22.3 Å². The van der Waals surface area contributed by atoms with E-state index in [4.69, 9.17) is 4.74 Å². The third kappa shape index (κ3) is 3.84. The van der Waals surface area contributed by atoms with Crippen molar-refractivity contribution in [3.8, 4) is 5.75 Å². The molecule has 3 heteroatoms. The van der Waals surface area contributed by atoms with Crippen molar-refractivity contribution in [2.45, 2.75) is 43.8 Å². The fourth-order valence-corrected chi connectivity index (χ4v) is 4.13. The van der Waals surface area contributed by atoms with E-state index in [-0.39, 0.29) is 0 Å². The molecule has 1 aromatic carbocycles. The first-order valence-corrected chi connectivity index (χ1v) is 8.18. The highest BCUT2D eigenvalue weighted by molar-refractivity contribution is 7.85. The molecule has 0 radical (unpaired) electrons. The Morgan fingerprint density at radius 2 is 1.83 bits per heavy atom. The summed E-state index contributed by atoms with van der Waals surface area (Å²) in [7, 11) is 1.03. The maximum Gasteiger partial charge on any atom is 0.118 e. The molecule has 100 valence electrons. The van der Waals surface area contributed by atoms with Gasteiger partial charge < -0.3 is 4.74 Å². The Balaban J connectivity index is 1.80. The van der Waals surface area contributed by atoms with Crippen LogP contribution in [0, 0.1) is 0 Å². The molecule has 0 aromatic heterocycles. The van der Waals surface area contributed by atoms with Gasteiger partial charge >= 0.3 is 0 Å². The molecule has 0 unspecified atom stereocenters. The summed E-state index contributed by atoms with van der Waals surface area (Å²) in [5.74, 6) is 1.68. The van der Waals surface area contributed by atoms with Gasteiger partial charge in [0.05, 0.1) is 7.11 Å². The molecule has 0 bridgehead atoms. The Labute approximate surface area is 112 Å². The first kappa shape index (κ1) is 13.6. The standard InChI is InChI=1S/C15H22O2S/c1-17-14-9-7-13(8-10-14)11-12-18(16)15-5-3-2-4-6-15/h7-10,15H,2-6,11-12H2,1H3/t18-/m0/s1. The smallest absolute Gasteiger partial charge is 0.118 e. The van der Waals surface area contributed by atoms with E-state index in [2.05, 4.69) is 12.1 Å². The van der Waals surface area contributed by atoms with E-state index >= 15 is 0 Å². The SMILES string of the molecule is COc1ccc(CC[S@](=O)C2CCCCC2)cc1. The van der Waals surface area contributed by atoms with E-state index in [0.29, 0.717) is 5.25 Å². The van der Waals surface area contributed by atoms with Crippen molar-refractivity contribution in [2.75, 3.05) is 12.9 Å². The van der Waals surface area contributed by atoms with Crippen molar-refractivity contribution in [1.82, 2.24) is 0 Å². The summed E-state index contributed by atoms with van der Waals surface area (Å²) >= 11 is 0. The van der Waals surface area contributed by atoms with Gasteiger partial charge in [-0.3, -0.25) is 4.21 Å². The second-order valence-corrected chi connectivity index (χ2v) is 6.78. The van der Waals surface area contributed by atoms with Crippen LogP contribution in [0.4, 0.5) is 0 Å². The Bertz CT molecular complexity index is 380. The number of rotatable bonds is 5. The molecule has 18 heavy (non-hydrogen) atoms. The van der Waals surface area contributed by atoms with Crippen LogP contribution >= 0.6 is 0 Å². The molecule has 0 aliphatic heterocycles. The first-order chi connectivity index (χ1) is 8.79. The van der Waals surface area contributed by atoms with Crippen LogP contribution in [0.5, 0.6) is 5.75 Å². The third-order valence-corrected chi connectivity index (χ3v) is 5.50. The van der Waals surface area contributed by atoms with Crippen molar-refractivity contribution in [2.24, 2.45) is 0 Å². The molecule has 1 atom stereocenters. The molecule has 1 fully saturated rings. The van der Waals surface area contributed by atoms with Crippen LogP contribution in [0.3, 0.4) is 0 Å². The van der Waals surface area contributed by atoms with Gasteiger partial charge in [0.25, 0.3) is 0 Å². The molecule has 0 N–H and O–H groups in total. The molecule has 1 aliphatic rings. The number of ether oxygens (including phenoxy) is 1. The highest BCUT2D eigenvalue weighted by Gasteiger charge is 2.19. The minimum atomic E-state index is -0.645. The summed E-state index contributed by atoms with van der Waals surface area (Å²) in [6.45, 7) is 0. The summed E-state index contributed by atoms with van der Waals surface area (Å²) in [5, 5.41) is 0.456. The Morgan fingerprint density at radius 1 is 1.17 bits per heavy atom. The second-order valence-electron chi connectivity index (χ2n) is 4.94. The normalized spacial score (nSPS) is 18.5. The molecular formula is C15H22O2S. The molecule has 0 amide bonds. The Hall–Kier alpha value is -0.830. The van der Waals surface area contributed by atoms with E-state index in [1.807, 2.05) is 12.1 Å². The lowest BCUT2D eigenvalue weighted by Crippen LogP contribution is -2.21. The number of methoxy groups -OCH3 is 1. The maximum atomic E-state index is 12.2. The van der Waals surface area contributed by atoms with E-state index in [1.54, 1.807) is 7.11 Å². The minimum Gasteiger partial charge on any atom is -0.497 e. The molecule has 0 heterocycles. The lowest BCUT2D eigenvalue weighted by atomic mass is 10.0. The molecule has 1 saturated carbocycles. The lowest BCUT2D eigenvalue weighted by Gasteiger charge is -2.20. The third-order valence-electron chi connectivity index (χ3n) is 3.67. The maximum absolute atomic E-state index is 12.2. The molecule has 1 aromatic rings. The zero-order valence-corrected chi connectivity index (χ0v) is 11.9. The summed E-state index contributed by atoms with van der Waals surface area (Å²) in [5.41, 5.74) is 1.25. The van der Waals surface area contributed by atoms with Crippen LogP contribution in [0.15, 0.2) is 24.3 Å². The summed E-state index contributed by atoms with van der Waals surface area (Å²) < 4.78 is 17.3. The fourth-order valence-electron chi connectivity index (χ4n) is 2.51. The van der Waals surface area contributed by atoms with Crippen molar-refractivity contribution in [1.29, 1.82) is 0 Å². The zero-order valence-electron chi connectivity index (χ0n) is 11.1. The van der Waals surface area contributed by atoms with Gasteiger partial charge in [-0.05, 0) is 37.0 Å². The van der Waals surface area contributed by atoms with Crippen molar-refractivity contribution >= 4 is 10.8 Å². The van der Waals surface area contributed by atoms with Crippen LogP contribution in [-0.2, 0) is 17.2 Å². The molecular weight excluding hydrogens is 244 g/mol. The van der Waals surface area contributed by atoms with Crippen LogP contribution in [0.2, 0.25) is 0 Å². The molecule has 0 saturated heterocycles. The molecule has 0 spiro atoms. The molecule has 2 nitrogen and oxygen atoms in total. The summed E-state index contributed by atoms with van der Waals surface area (Å²) in [4.78, 5) is 0. The van der Waals surface area contributed by atoms with Crippen molar-refractivity contribution < 1.29 is 8.95 Å². The highest BCUT2D eigenvalue weighted by atomic mass is 32.2. The van der Waals surface area contributed by atoms with Gasteiger partial charge in [0.1, 0.15) is 5.75 Å². The number of benzene rings is 1. The van der Waals surface area contributed by atoms with Gasteiger partial charge in [-0.2, -0.15) is 0 Å². The summed E-state index contributed by atoms with van der Waals surface area (Å²) in [6, 6.07) is 8.07. The predicted molar refractivity (Wildman–Crippen MR) is 76.6 cm³/mol.